The van der Waals surface area contributed by atoms with Gasteiger partial charge < -0.3 is 26.5 Å². The van der Waals surface area contributed by atoms with E-state index in [1.54, 1.807) is 20.8 Å². The Bertz CT molecular complexity index is 20.1. The molecule has 0 spiro atoms. The predicted octanol–water partition coefficient (Wildman–Crippen LogP) is -1.25. The first-order valence-electron chi connectivity index (χ1n) is 3.65. The van der Waals surface area contributed by atoms with E-state index >= 15 is 0 Å². The summed E-state index contributed by atoms with van der Waals surface area (Å²) < 4.78 is 0. The van der Waals surface area contributed by atoms with Crippen molar-refractivity contribution < 1.29 is 20.8 Å². The molecule has 0 saturated carbocycles. The van der Waals surface area contributed by atoms with Gasteiger partial charge in [-0.3, -0.25) is 0 Å². The zero-order valence-corrected chi connectivity index (χ0v) is 8.54. The highest BCUT2D eigenvalue weighted by Crippen LogP contribution is 1.30. The van der Waals surface area contributed by atoms with E-state index in [1.807, 2.05) is 0 Å². The number of aliphatic hydroxyl groups is 3. The molecule has 5 heteroatoms. The number of hydrogen-bond acceptors (Lipinski definition) is 4. The number of aliphatic hydroxyl groups excluding tert-OH is 3. The molecular weight excluding hydrogens is 162 g/mol. The highest BCUT2D eigenvalue weighted by atomic mass is 16.3. The summed E-state index contributed by atoms with van der Waals surface area (Å²) in [6, 6.07) is 0. The fourth-order valence-corrected chi connectivity index (χ4v) is 0. The van der Waals surface area contributed by atoms with Gasteiger partial charge in [0.2, 0.25) is 0 Å². The second-order valence-electron chi connectivity index (χ2n) is 0.949. The summed E-state index contributed by atoms with van der Waals surface area (Å²) in [6.45, 7) is 5.79. The molecular formula is C7H25NO4. The van der Waals surface area contributed by atoms with Crippen LogP contribution in [0.1, 0.15) is 20.8 Å². The van der Waals surface area contributed by atoms with Crippen LogP contribution < -0.4 is 5.73 Å². The van der Waals surface area contributed by atoms with Gasteiger partial charge in [-0.25, -0.2) is 0 Å². The Morgan fingerprint density at radius 2 is 0.750 bits per heavy atom. The molecule has 0 heterocycles. The Morgan fingerprint density at radius 1 is 0.750 bits per heavy atom. The third-order valence-electron chi connectivity index (χ3n) is 0. The molecule has 0 unspecified atom stereocenters. The summed E-state index contributed by atoms with van der Waals surface area (Å²) in [5.74, 6) is 0. The molecule has 82 valence electrons. The summed E-state index contributed by atoms with van der Waals surface area (Å²) in [6.07, 6.45) is 0. The normalized spacial score (nSPS) is 5.00. The van der Waals surface area contributed by atoms with Crippen molar-refractivity contribution in [1.82, 2.24) is 0 Å². The lowest BCUT2D eigenvalue weighted by Crippen LogP contribution is -1.69. The van der Waals surface area contributed by atoms with E-state index in [0.29, 0.717) is 0 Å². The van der Waals surface area contributed by atoms with Crippen molar-refractivity contribution in [1.29, 1.82) is 0 Å². The molecule has 7 N–H and O–H groups in total. The number of rotatable bonds is 0. The van der Waals surface area contributed by atoms with Crippen molar-refractivity contribution in [2.24, 2.45) is 5.73 Å². The standard InChI is InChI=1S/3C2H6O.CH5N.H2O/c3*1-2-3;1-2;/h3*3H,2H2,1H3;2H2,1H3;1H2. The molecule has 0 aromatic rings. The van der Waals surface area contributed by atoms with Crippen LogP contribution in [0.3, 0.4) is 0 Å². The number of hydrogen-bond donors (Lipinski definition) is 4. The van der Waals surface area contributed by atoms with Gasteiger partial charge in [-0.15, -0.1) is 0 Å². The van der Waals surface area contributed by atoms with Gasteiger partial charge in [-0.1, -0.05) is 0 Å². The Labute approximate surface area is 75.1 Å². The minimum absolute atomic E-state index is 0. The Kier molecular flexibility index (Phi) is 328. The second-order valence-corrected chi connectivity index (χ2v) is 0.949. The smallest absolute Gasteiger partial charge is 0.0402 e. The van der Waals surface area contributed by atoms with Crippen molar-refractivity contribution in [2.45, 2.75) is 20.8 Å². The lowest BCUT2D eigenvalue weighted by Gasteiger charge is -1.52. The monoisotopic (exact) mass is 187 g/mol. The van der Waals surface area contributed by atoms with Crippen molar-refractivity contribution in [2.75, 3.05) is 26.9 Å². The van der Waals surface area contributed by atoms with Gasteiger partial charge in [0.1, 0.15) is 0 Å². The molecule has 0 bridgehead atoms. The van der Waals surface area contributed by atoms with Gasteiger partial charge in [-0.2, -0.15) is 0 Å². The lowest BCUT2D eigenvalue weighted by atomic mass is 10.9. The molecule has 0 aromatic heterocycles. The van der Waals surface area contributed by atoms with Crippen LogP contribution in [0.5, 0.6) is 0 Å². The maximum Gasteiger partial charge on any atom is 0.0402 e. The SMILES string of the molecule is CCO.CCO.CCO.CN.O. The van der Waals surface area contributed by atoms with E-state index in [9.17, 15) is 0 Å². The highest BCUT2D eigenvalue weighted by Gasteiger charge is 1.35. The first kappa shape index (κ1) is 29.8. The van der Waals surface area contributed by atoms with Crippen molar-refractivity contribution in [3.8, 4) is 0 Å². The Hall–Kier alpha value is -0.200. The summed E-state index contributed by atoms with van der Waals surface area (Å²) in [7, 11) is 1.50. The van der Waals surface area contributed by atoms with Gasteiger partial charge in [0.15, 0.2) is 0 Å². The molecule has 0 aliphatic carbocycles. The van der Waals surface area contributed by atoms with Crippen LogP contribution >= 0.6 is 0 Å². The van der Waals surface area contributed by atoms with Gasteiger partial charge in [0, 0.05) is 19.8 Å². The maximum atomic E-state index is 7.57. The van der Waals surface area contributed by atoms with Gasteiger partial charge in [-0.05, 0) is 27.8 Å². The topological polar surface area (TPSA) is 118 Å². The van der Waals surface area contributed by atoms with Crippen LogP contribution in [-0.2, 0) is 0 Å². The quantitative estimate of drug-likeness (QED) is 0.378. The van der Waals surface area contributed by atoms with Crippen molar-refractivity contribution in [3.63, 3.8) is 0 Å². The third-order valence-corrected chi connectivity index (χ3v) is 0. The summed E-state index contributed by atoms with van der Waals surface area (Å²) in [5.41, 5.74) is 4.50. The van der Waals surface area contributed by atoms with Crippen molar-refractivity contribution in [3.05, 3.63) is 0 Å². The molecule has 0 aromatic carbocycles. The minimum atomic E-state index is 0. The molecule has 0 saturated heterocycles. The Balaban J connectivity index is -0.0000000179. The predicted molar refractivity (Wildman–Crippen MR) is 52.0 cm³/mol. The fraction of sp³-hybridized carbons (Fsp3) is 1.00. The lowest BCUT2D eigenvalue weighted by molar-refractivity contribution is 0.318. The third kappa shape index (κ3) is 19000. The van der Waals surface area contributed by atoms with Crippen molar-refractivity contribution >= 4 is 0 Å². The van der Waals surface area contributed by atoms with Crippen LogP contribution in [0.4, 0.5) is 0 Å². The Morgan fingerprint density at radius 3 is 0.750 bits per heavy atom. The van der Waals surface area contributed by atoms with E-state index in [2.05, 4.69) is 5.73 Å². The van der Waals surface area contributed by atoms with Crippen LogP contribution in [0, 0.1) is 0 Å². The van der Waals surface area contributed by atoms with E-state index in [4.69, 9.17) is 15.3 Å². The summed E-state index contributed by atoms with van der Waals surface area (Å²) >= 11 is 0. The minimum Gasteiger partial charge on any atom is -0.412 e. The summed E-state index contributed by atoms with van der Waals surface area (Å²) in [4.78, 5) is 0. The molecule has 0 atom stereocenters. The zero-order chi connectivity index (χ0) is 10.1. The van der Waals surface area contributed by atoms with E-state index < -0.39 is 0 Å². The summed E-state index contributed by atoms with van der Waals surface area (Å²) in [5, 5.41) is 22.7. The van der Waals surface area contributed by atoms with Crippen LogP contribution in [0.2, 0.25) is 0 Å². The van der Waals surface area contributed by atoms with E-state index in [1.165, 1.54) is 7.05 Å². The van der Waals surface area contributed by atoms with Crippen LogP contribution in [-0.4, -0.2) is 47.7 Å². The molecule has 0 aliphatic rings. The maximum absolute atomic E-state index is 7.57. The first-order chi connectivity index (χ1) is 5.24. The first-order valence-corrected chi connectivity index (χ1v) is 3.65. The molecule has 0 amide bonds. The van der Waals surface area contributed by atoms with E-state index in [0.717, 1.165) is 0 Å². The number of nitrogens with two attached hydrogens (primary N) is 1. The molecule has 0 radical (unpaired) electrons. The molecule has 5 nitrogen and oxygen atoms in total. The highest BCUT2D eigenvalue weighted by molar-refractivity contribution is 3.84. The average molecular weight is 187 g/mol. The second kappa shape index (κ2) is 132. The molecule has 12 heavy (non-hydrogen) atoms. The van der Waals surface area contributed by atoms with E-state index in [-0.39, 0.29) is 25.3 Å². The fourth-order valence-electron chi connectivity index (χ4n) is 0. The largest absolute Gasteiger partial charge is 0.412 e. The van der Waals surface area contributed by atoms with Crippen LogP contribution in [0.15, 0.2) is 0 Å². The van der Waals surface area contributed by atoms with Crippen LogP contribution in [0.25, 0.3) is 0 Å². The molecule has 0 rings (SSSR count). The van der Waals surface area contributed by atoms with Gasteiger partial charge in [0.25, 0.3) is 0 Å². The molecule has 0 fully saturated rings. The average Bonchev–Trinajstić information content (AvgIpc) is 1.96. The zero-order valence-electron chi connectivity index (χ0n) is 8.54. The molecule has 0 aliphatic heterocycles. The van der Waals surface area contributed by atoms with Gasteiger partial charge in [0.05, 0.1) is 0 Å². The van der Waals surface area contributed by atoms with Gasteiger partial charge >= 0.3 is 0 Å².